The van der Waals surface area contributed by atoms with E-state index in [0.717, 1.165) is 21.3 Å². The molecule has 1 amide bonds. The molecule has 0 saturated heterocycles. The molecule has 6 heteroatoms. The third kappa shape index (κ3) is 3.90. The Morgan fingerprint density at radius 1 is 1.19 bits per heavy atom. The van der Waals surface area contributed by atoms with Crippen LogP contribution in [0.4, 0.5) is 5.69 Å². The summed E-state index contributed by atoms with van der Waals surface area (Å²) in [5, 5.41) is 5.88. The highest BCUT2D eigenvalue weighted by molar-refractivity contribution is 9.10. The van der Waals surface area contributed by atoms with Gasteiger partial charge in [-0.25, -0.2) is 0 Å². The number of carbonyl (C=O) groups excluding carboxylic acids is 1. The first-order valence-electron chi connectivity index (χ1n) is 8.63. The van der Waals surface area contributed by atoms with E-state index in [0.29, 0.717) is 29.4 Å². The Kier molecular flexibility index (Phi) is 5.65. The summed E-state index contributed by atoms with van der Waals surface area (Å²) in [7, 11) is 1.60. The fourth-order valence-electron chi connectivity index (χ4n) is 2.86. The van der Waals surface area contributed by atoms with Crippen molar-refractivity contribution in [2.75, 3.05) is 18.7 Å². The van der Waals surface area contributed by atoms with E-state index in [1.54, 1.807) is 7.11 Å². The number of anilines is 1. The molecule has 0 aliphatic carbocycles. The largest absolute Gasteiger partial charge is 0.493 e. The summed E-state index contributed by atoms with van der Waals surface area (Å²) >= 11 is 3.55. The monoisotopic (exact) mass is 428 g/mol. The molecule has 0 saturated carbocycles. The molecule has 3 rings (SSSR count). The average Bonchev–Trinajstić information content (AvgIpc) is 2.92. The molecule has 1 aliphatic heterocycles. The lowest BCUT2D eigenvalue weighted by atomic mass is 10.1. The molecule has 0 spiro atoms. The SMILES string of the molecule is CCOc1cc(C=C2C(=O)N(c3cccc(C)c3)N=C2C)c(Br)cc1OC. The maximum absolute atomic E-state index is 12.9. The van der Waals surface area contributed by atoms with Gasteiger partial charge >= 0.3 is 0 Å². The van der Waals surface area contributed by atoms with Gasteiger partial charge in [-0.15, -0.1) is 0 Å². The van der Waals surface area contributed by atoms with Gasteiger partial charge in [-0.05, 0) is 62.2 Å². The normalized spacial score (nSPS) is 15.3. The van der Waals surface area contributed by atoms with Crippen molar-refractivity contribution in [1.82, 2.24) is 0 Å². The van der Waals surface area contributed by atoms with Crippen LogP contribution in [0.15, 0.2) is 51.5 Å². The molecule has 140 valence electrons. The van der Waals surface area contributed by atoms with Gasteiger partial charge in [-0.2, -0.15) is 10.1 Å². The van der Waals surface area contributed by atoms with E-state index in [9.17, 15) is 4.79 Å². The second kappa shape index (κ2) is 7.96. The first-order valence-corrected chi connectivity index (χ1v) is 9.42. The Labute approximate surface area is 167 Å². The van der Waals surface area contributed by atoms with Crippen LogP contribution in [0.25, 0.3) is 6.08 Å². The molecule has 0 N–H and O–H groups in total. The van der Waals surface area contributed by atoms with Crippen molar-refractivity contribution in [2.45, 2.75) is 20.8 Å². The zero-order valence-electron chi connectivity index (χ0n) is 15.7. The number of rotatable bonds is 5. The summed E-state index contributed by atoms with van der Waals surface area (Å²) in [6.45, 7) is 6.26. The van der Waals surface area contributed by atoms with Gasteiger partial charge in [0.15, 0.2) is 11.5 Å². The first-order chi connectivity index (χ1) is 12.9. The van der Waals surface area contributed by atoms with Crippen LogP contribution in [0.5, 0.6) is 11.5 Å². The highest BCUT2D eigenvalue weighted by Gasteiger charge is 2.29. The number of carbonyl (C=O) groups is 1. The van der Waals surface area contributed by atoms with Crippen LogP contribution < -0.4 is 14.5 Å². The Morgan fingerprint density at radius 2 is 1.96 bits per heavy atom. The van der Waals surface area contributed by atoms with E-state index in [2.05, 4.69) is 21.0 Å². The van der Waals surface area contributed by atoms with Crippen LogP contribution in [-0.2, 0) is 4.79 Å². The Balaban J connectivity index is 1.99. The molecule has 1 heterocycles. The predicted octanol–water partition coefficient (Wildman–Crippen LogP) is 4.97. The molecule has 27 heavy (non-hydrogen) atoms. The number of hydrogen-bond acceptors (Lipinski definition) is 4. The quantitative estimate of drug-likeness (QED) is 0.631. The number of hydrazone groups is 1. The maximum atomic E-state index is 12.9. The molecule has 2 aromatic carbocycles. The summed E-state index contributed by atoms with van der Waals surface area (Å²) in [6.07, 6.45) is 1.82. The molecule has 0 atom stereocenters. The summed E-state index contributed by atoms with van der Waals surface area (Å²) in [4.78, 5) is 12.9. The predicted molar refractivity (Wildman–Crippen MR) is 112 cm³/mol. The van der Waals surface area contributed by atoms with Crippen LogP contribution in [0.1, 0.15) is 25.0 Å². The molecule has 0 bridgehead atoms. The van der Waals surface area contributed by atoms with E-state index in [1.165, 1.54) is 5.01 Å². The number of benzene rings is 2. The summed E-state index contributed by atoms with van der Waals surface area (Å²) in [5.74, 6) is 1.11. The van der Waals surface area contributed by atoms with E-state index in [1.807, 2.05) is 63.2 Å². The number of methoxy groups -OCH3 is 1. The summed E-state index contributed by atoms with van der Waals surface area (Å²) < 4.78 is 11.8. The number of hydrogen-bond donors (Lipinski definition) is 0. The van der Waals surface area contributed by atoms with Crippen molar-refractivity contribution in [1.29, 1.82) is 0 Å². The lowest BCUT2D eigenvalue weighted by Crippen LogP contribution is -2.21. The minimum atomic E-state index is -0.154. The number of aryl methyl sites for hydroxylation is 1. The fraction of sp³-hybridized carbons (Fsp3) is 0.238. The fourth-order valence-corrected chi connectivity index (χ4v) is 3.30. The lowest BCUT2D eigenvalue weighted by molar-refractivity contribution is -0.114. The van der Waals surface area contributed by atoms with Crippen molar-refractivity contribution < 1.29 is 14.3 Å². The molecule has 2 aromatic rings. The minimum Gasteiger partial charge on any atom is -0.493 e. The minimum absolute atomic E-state index is 0.154. The smallest absolute Gasteiger partial charge is 0.280 e. The van der Waals surface area contributed by atoms with Gasteiger partial charge < -0.3 is 9.47 Å². The van der Waals surface area contributed by atoms with Crippen LogP contribution >= 0.6 is 15.9 Å². The van der Waals surface area contributed by atoms with E-state index < -0.39 is 0 Å². The highest BCUT2D eigenvalue weighted by Crippen LogP contribution is 2.35. The standard InChI is InChI=1S/C21H21BrN2O3/c1-5-27-20-11-15(18(22)12-19(20)26-4)10-17-14(3)23-24(21(17)25)16-8-6-7-13(2)9-16/h6-12H,5H2,1-4H3. The Hall–Kier alpha value is -2.60. The lowest BCUT2D eigenvalue weighted by Gasteiger charge is -2.13. The van der Waals surface area contributed by atoms with Crippen LogP contribution in [0, 0.1) is 6.92 Å². The van der Waals surface area contributed by atoms with E-state index >= 15 is 0 Å². The molecule has 0 fully saturated rings. The van der Waals surface area contributed by atoms with Crippen LogP contribution in [0.3, 0.4) is 0 Å². The molecule has 0 aromatic heterocycles. The highest BCUT2D eigenvalue weighted by atomic mass is 79.9. The van der Waals surface area contributed by atoms with Crippen molar-refractivity contribution in [2.24, 2.45) is 5.10 Å². The number of nitrogens with zero attached hydrogens (tertiary/aromatic N) is 2. The third-order valence-electron chi connectivity index (χ3n) is 4.19. The molecular formula is C21H21BrN2O3. The molecular weight excluding hydrogens is 408 g/mol. The number of amides is 1. The van der Waals surface area contributed by atoms with Crippen LogP contribution in [-0.4, -0.2) is 25.3 Å². The topological polar surface area (TPSA) is 51.1 Å². The molecule has 5 nitrogen and oxygen atoms in total. The maximum Gasteiger partial charge on any atom is 0.280 e. The third-order valence-corrected chi connectivity index (χ3v) is 4.88. The summed E-state index contributed by atoms with van der Waals surface area (Å²) in [6, 6.07) is 11.4. The van der Waals surface area contributed by atoms with Crippen molar-refractivity contribution in [3.8, 4) is 11.5 Å². The van der Waals surface area contributed by atoms with Gasteiger partial charge in [0.25, 0.3) is 5.91 Å². The summed E-state index contributed by atoms with van der Waals surface area (Å²) in [5.41, 5.74) is 3.87. The number of halogens is 1. The zero-order valence-corrected chi connectivity index (χ0v) is 17.3. The van der Waals surface area contributed by atoms with E-state index in [-0.39, 0.29) is 5.91 Å². The van der Waals surface area contributed by atoms with Crippen molar-refractivity contribution >= 4 is 39.3 Å². The van der Waals surface area contributed by atoms with Gasteiger partial charge in [0.05, 0.1) is 30.7 Å². The molecule has 0 radical (unpaired) electrons. The Bertz CT molecular complexity index is 950. The van der Waals surface area contributed by atoms with Gasteiger partial charge in [0.1, 0.15) is 0 Å². The Morgan fingerprint density at radius 3 is 2.63 bits per heavy atom. The average molecular weight is 429 g/mol. The van der Waals surface area contributed by atoms with Crippen molar-refractivity contribution in [3.05, 3.63) is 57.6 Å². The van der Waals surface area contributed by atoms with Gasteiger partial charge in [-0.1, -0.05) is 28.1 Å². The first kappa shape index (κ1) is 19.2. The van der Waals surface area contributed by atoms with Gasteiger partial charge in [-0.3, -0.25) is 4.79 Å². The number of ether oxygens (including phenoxy) is 2. The van der Waals surface area contributed by atoms with Crippen LogP contribution in [0.2, 0.25) is 0 Å². The van der Waals surface area contributed by atoms with E-state index in [4.69, 9.17) is 9.47 Å². The second-order valence-electron chi connectivity index (χ2n) is 6.16. The molecule has 0 unspecified atom stereocenters. The van der Waals surface area contributed by atoms with Gasteiger partial charge in [0.2, 0.25) is 0 Å². The molecule has 1 aliphatic rings. The van der Waals surface area contributed by atoms with Gasteiger partial charge in [0, 0.05) is 4.47 Å². The zero-order chi connectivity index (χ0) is 19.6. The second-order valence-corrected chi connectivity index (χ2v) is 7.01. The van der Waals surface area contributed by atoms with Crippen molar-refractivity contribution in [3.63, 3.8) is 0 Å².